The van der Waals surface area contributed by atoms with E-state index >= 15 is 0 Å². The van der Waals surface area contributed by atoms with E-state index in [1.165, 1.54) is 0 Å². The van der Waals surface area contributed by atoms with Gasteiger partial charge in [-0.2, -0.15) is 0 Å². The summed E-state index contributed by atoms with van der Waals surface area (Å²) in [7, 11) is 0. The summed E-state index contributed by atoms with van der Waals surface area (Å²) in [5.41, 5.74) is 1.53. The first-order valence-electron chi connectivity index (χ1n) is 7.93. The van der Waals surface area contributed by atoms with Gasteiger partial charge in [-0.25, -0.2) is 0 Å². The Kier molecular flexibility index (Phi) is 5.36. The van der Waals surface area contributed by atoms with Crippen LogP contribution in [0, 0.1) is 0 Å². The lowest BCUT2D eigenvalue weighted by atomic mass is 10.1. The van der Waals surface area contributed by atoms with Gasteiger partial charge in [-0.05, 0) is 24.6 Å². The summed E-state index contributed by atoms with van der Waals surface area (Å²) in [6, 6.07) is 16.1. The van der Waals surface area contributed by atoms with Gasteiger partial charge in [0.2, 0.25) is 0 Å². The molecule has 0 bridgehead atoms. The summed E-state index contributed by atoms with van der Waals surface area (Å²) in [5, 5.41) is 7.12. The van der Waals surface area contributed by atoms with Gasteiger partial charge in [0.25, 0.3) is 5.91 Å². The van der Waals surface area contributed by atoms with Crippen LogP contribution in [0.3, 0.4) is 0 Å². The maximum atomic E-state index is 12.5. The first kappa shape index (κ1) is 17.0. The highest BCUT2D eigenvalue weighted by Gasteiger charge is 2.16. The highest BCUT2D eigenvalue weighted by Crippen LogP contribution is 2.29. The maximum Gasteiger partial charge on any atom is 0.277 e. The number of hydrogen-bond acceptors (Lipinski definition) is 4. The Morgan fingerprint density at radius 2 is 2.00 bits per heavy atom. The minimum Gasteiger partial charge on any atom is -0.491 e. The van der Waals surface area contributed by atoms with Gasteiger partial charge in [-0.3, -0.25) is 4.79 Å². The van der Waals surface area contributed by atoms with Crippen molar-refractivity contribution < 1.29 is 14.1 Å². The Bertz CT molecular complexity index is 862. The zero-order valence-electron chi connectivity index (χ0n) is 13.7. The van der Waals surface area contributed by atoms with Crippen molar-refractivity contribution in [2.45, 2.75) is 13.3 Å². The summed E-state index contributed by atoms with van der Waals surface area (Å²) < 4.78 is 10.9. The molecular weight excluding hydrogens is 340 g/mol. The third-order valence-electron chi connectivity index (χ3n) is 3.45. The van der Waals surface area contributed by atoms with Crippen molar-refractivity contribution in [3.63, 3.8) is 0 Å². The monoisotopic (exact) mass is 356 g/mol. The lowest BCUT2D eigenvalue weighted by Crippen LogP contribution is -2.13. The zero-order chi connectivity index (χ0) is 17.6. The summed E-state index contributed by atoms with van der Waals surface area (Å²) in [6.07, 6.45) is 0.861. The van der Waals surface area contributed by atoms with Crippen LogP contribution in [-0.4, -0.2) is 17.7 Å². The topological polar surface area (TPSA) is 64.4 Å². The molecule has 0 saturated carbocycles. The second-order valence-electron chi connectivity index (χ2n) is 5.39. The fourth-order valence-electron chi connectivity index (χ4n) is 2.24. The van der Waals surface area contributed by atoms with Crippen LogP contribution in [0.4, 0.5) is 5.69 Å². The van der Waals surface area contributed by atoms with Crippen LogP contribution in [0.1, 0.15) is 23.8 Å². The summed E-state index contributed by atoms with van der Waals surface area (Å²) in [6.45, 7) is 2.56. The molecule has 0 aliphatic carbocycles. The number of carbonyl (C=O) groups is 1. The van der Waals surface area contributed by atoms with Crippen LogP contribution in [-0.2, 0) is 0 Å². The molecule has 1 heterocycles. The third-order valence-corrected chi connectivity index (χ3v) is 3.69. The molecule has 1 amide bonds. The van der Waals surface area contributed by atoms with E-state index in [9.17, 15) is 4.79 Å². The van der Waals surface area contributed by atoms with E-state index in [1.807, 2.05) is 37.3 Å². The molecule has 0 aliphatic heterocycles. The van der Waals surface area contributed by atoms with Crippen molar-refractivity contribution in [1.82, 2.24) is 5.16 Å². The molecule has 3 aromatic rings. The maximum absolute atomic E-state index is 12.5. The van der Waals surface area contributed by atoms with Crippen molar-refractivity contribution in [2.75, 3.05) is 11.9 Å². The Labute approximate surface area is 150 Å². The molecule has 1 N–H and O–H groups in total. The standard InChI is InChI=1S/C19H17ClN2O3/c1-2-10-24-17-9-8-14(20)11-15(17)21-19(23)16-12-18(25-22-16)13-6-4-3-5-7-13/h3-9,11-12H,2,10H2,1H3,(H,21,23). The highest BCUT2D eigenvalue weighted by atomic mass is 35.5. The number of aromatic nitrogens is 1. The number of hydrogen-bond donors (Lipinski definition) is 1. The fourth-order valence-corrected chi connectivity index (χ4v) is 2.42. The molecule has 5 nitrogen and oxygen atoms in total. The minimum absolute atomic E-state index is 0.181. The number of halogens is 1. The molecule has 2 aromatic carbocycles. The molecule has 0 fully saturated rings. The number of rotatable bonds is 6. The molecule has 0 saturated heterocycles. The SMILES string of the molecule is CCCOc1ccc(Cl)cc1NC(=O)c1cc(-c2ccccc2)on1. The lowest BCUT2D eigenvalue weighted by Gasteiger charge is -2.11. The number of amides is 1. The van der Waals surface area contributed by atoms with Crippen LogP contribution >= 0.6 is 11.6 Å². The van der Waals surface area contributed by atoms with E-state index < -0.39 is 5.91 Å². The molecule has 0 atom stereocenters. The number of nitrogens with one attached hydrogen (secondary N) is 1. The van der Waals surface area contributed by atoms with E-state index in [1.54, 1.807) is 24.3 Å². The summed E-state index contributed by atoms with van der Waals surface area (Å²) >= 11 is 6.02. The molecular formula is C19H17ClN2O3. The smallest absolute Gasteiger partial charge is 0.277 e. The zero-order valence-corrected chi connectivity index (χ0v) is 14.4. The Balaban J connectivity index is 1.79. The van der Waals surface area contributed by atoms with Crippen LogP contribution in [0.2, 0.25) is 5.02 Å². The first-order chi connectivity index (χ1) is 12.2. The number of ether oxygens (including phenoxy) is 1. The summed E-state index contributed by atoms with van der Waals surface area (Å²) in [4.78, 5) is 12.5. The molecule has 3 rings (SSSR count). The number of carbonyl (C=O) groups excluding carboxylic acids is 1. The second-order valence-corrected chi connectivity index (χ2v) is 5.82. The van der Waals surface area contributed by atoms with Gasteiger partial charge in [0, 0.05) is 16.7 Å². The van der Waals surface area contributed by atoms with Gasteiger partial charge in [0.05, 0.1) is 12.3 Å². The largest absolute Gasteiger partial charge is 0.491 e. The van der Waals surface area contributed by atoms with Crippen molar-refractivity contribution in [3.05, 3.63) is 65.3 Å². The Morgan fingerprint density at radius 3 is 2.76 bits per heavy atom. The van der Waals surface area contributed by atoms with E-state index in [-0.39, 0.29) is 5.69 Å². The molecule has 0 spiro atoms. The average molecular weight is 357 g/mol. The quantitative estimate of drug-likeness (QED) is 0.672. The minimum atomic E-state index is -0.394. The van der Waals surface area contributed by atoms with Crippen LogP contribution in [0.25, 0.3) is 11.3 Å². The van der Waals surface area contributed by atoms with Gasteiger partial charge in [0.1, 0.15) is 5.75 Å². The molecule has 0 unspecified atom stereocenters. The van der Waals surface area contributed by atoms with Gasteiger partial charge in [-0.15, -0.1) is 0 Å². The van der Waals surface area contributed by atoms with Crippen LogP contribution in [0.5, 0.6) is 5.75 Å². The van der Waals surface area contributed by atoms with E-state index in [0.29, 0.717) is 28.8 Å². The van der Waals surface area contributed by atoms with Gasteiger partial charge >= 0.3 is 0 Å². The lowest BCUT2D eigenvalue weighted by molar-refractivity contribution is 0.101. The van der Waals surface area contributed by atoms with E-state index in [2.05, 4.69) is 10.5 Å². The van der Waals surface area contributed by atoms with Crippen molar-refractivity contribution >= 4 is 23.2 Å². The fraction of sp³-hybridized carbons (Fsp3) is 0.158. The molecule has 1 aromatic heterocycles. The van der Waals surface area contributed by atoms with Gasteiger partial charge in [-0.1, -0.05) is 54.0 Å². The van der Waals surface area contributed by atoms with Crippen molar-refractivity contribution in [3.8, 4) is 17.1 Å². The van der Waals surface area contributed by atoms with Gasteiger partial charge < -0.3 is 14.6 Å². The van der Waals surface area contributed by atoms with E-state index in [0.717, 1.165) is 12.0 Å². The Hall–Kier alpha value is -2.79. The third kappa shape index (κ3) is 4.19. The molecule has 0 aliphatic rings. The number of nitrogens with zero attached hydrogens (tertiary/aromatic N) is 1. The first-order valence-corrected chi connectivity index (χ1v) is 8.31. The van der Waals surface area contributed by atoms with Crippen molar-refractivity contribution in [2.24, 2.45) is 0 Å². The van der Waals surface area contributed by atoms with Crippen LogP contribution < -0.4 is 10.1 Å². The second kappa shape index (κ2) is 7.85. The Morgan fingerprint density at radius 1 is 1.20 bits per heavy atom. The summed E-state index contributed by atoms with van der Waals surface area (Å²) in [5.74, 6) is 0.695. The molecule has 0 radical (unpaired) electrons. The predicted octanol–water partition coefficient (Wildman–Crippen LogP) is 5.04. The molecule has 25 heavy (non-hydrogen) atoms. The number of anilines is 1. The van der Waals surface area contributed by atoms with Gasteiger partial charge in [0.15, 0.2) is 11.5 Å². The van der Waals surface area contributed by atoms with Crippen LogP contribution in [0.15, 0.2) is 59.1 Å². The van der Waals surface area contributed by atoms with Crippen molar-refractivity contribution in [1.29, 1.82) is 0 Å². The highest BCUT2D eigenvalue weighted by molar-refractivity contribution is 6.31. The van der Waals surface area contributed by atoms with E-state index in [4.69, 9.17) is 20.9 Å². The molecule has 128 valence electrons. The normalized spacial score (nSPS) is 10.5. The predicted molar refractivity (Wildman–Crippen MR) is 97.1 cm³/mol. The average Bonchev–Trinajstić information content (AvgIpc) is 3.12. The number of benzene rings is 2. The molecule has 6 heteroatoms.